The molecule has 0 aliphatic carbocycles. The Morgan fingerprint density at radius 3 is 2.86 bits per heavy atom. The van der Waals surface area contributed by atoms with Crippen LogP contribution in [0.4, 0.5) is 11.4 Å². The number of anilines is 1. The molecule has 1 N–H and O–H groups in total. The van der Waals surface area contributed by atoms with Crippen LogP contribution in [0.25, 0.3) is 0 Å². The number of hydrogen-bond donors (Lipinski definition) is 1. The van der Waals surface area contributed by atoms with E-state index in [0.29, 0.717) is 30.6 Å². The number of carboxylic acid groups (broad SMARTS) is 1. The van der Waals surface area contributed by atoms with Gasteiger partial charge in [0.1, 0.15) is 5.69 Å². The first-order valence-corrected chi connectivity index (χ1v) is 6.54. The average Bonchev–Trinajstić information content (AvgIpc) is 2.46. The summed E-state index contributed by atoms with van der Waals surface area (Å²) in [6, 6.07) is 6.08. The summed E-state index contributed by atoms with van der Waals surface area (Å²) in [6.45, 7) is 2.37. The van der Waals surface area contributed by atoms with Crippen molar-refractivity contribution in [3.05, 3.63) is 33.9 Å². The number of hydrogen-bond acceptors (Lipinski definition) is 5. The minimum absolute atomic E-state index is 0.108. The maximum absolute atomic E-state index is 11.4. The number of carbonyl (C=O) groups is 1. The van der Waals surface area contributed by atoms with Crippen molar-refractivity contribution in [3.63, 3.8) is 0 Å². The highest BCUT2D eigenvalue weighted by Crippen LogP contribution is 2.36. The zero-order valence-corrected chi connectivity index (χ0v) is 11.6. The highest BCUT2D eigenvalue weighted by atomic mass is 16.6. The lowest BCUT2D eigenvalue weighted by Gasteiger charge is -2.38. The molecule has 1 atom stereocenters. The lowest BCUT2D eigenvalue weighted by Crippen LogP contribution is -2.46. The van der Waals surface area contributed by atoms with Gasteiger partial charge in [-0.15, -0.1) is 0 Å². The molecule has 0 bridgehead atoms. The Hall–Kier alpha value is -2.62. The normalized spacial score (nSPS) is 21.6. The van der Waals surface area contributed by atoms with Gasteiger partial charge < -0.3 is 10.0 Å². The molecule has 1 fully saturated rings. The van der Waals surface area contributed by atoms with Gasteiger partial charge in [0, 0.05) is 19.2 Å². The number of nitro groups is 1. The minimum Gasteiger partial charge on any atom is -0.481 e. The van der Waals surface area contributed by atoms with Gasteiger partial charge in [0.2, 0.25) is 0 Å². The highest BCUT2D eigenvalue weighted by Gasteiger charge is 2.39. The Morgan fingerprint density at radius 1 is 1.57 bits per heavy atom. The molecular formula is C14H15N3O4. The van der Waals surface area contributed by atoms with E-state index in [1.54, 1.807) is 11.8 Å². The lowest BCUT2D eigenvalue weighted by molar-refractivity contribution is -0.384. The van der Waals surface area contributed by atoms with E-state index in [9.17, 15) is 20.0 Å². The van der Waals surface area contributed by atoms with Crippen molar-refractivity contribution < 1.29 is 14.8 Å². The summed E-state index contributed by atoms with van der Waals surface area (Å²) in [7, 11) is 0. The maximum Gasteiger partial charge on any atom is 0.311 e. The molecule has 0 radical (unpaired) electrons. The summed E-state index contributed by atoms with van der Waals surface area (Å²) in [5.41, 5.74) is -0.414. The fourth-order valence-electron chi connectivity index (χ4n) is 2.62. The Kier molecular flexibility index (Phi) is 3.80. The average molecular weight is 289 g/mol. The highest BCUT2D eigenvalue weighted by molar-refractivity contribution is 5.76. The number of nitriles is 1. The summed E-state index contributed by atoms with van der Waals surface area (Å²) >= 11 is 0. The number of piperidine rings is 1. The van der Waals surface area contributed by atoms with E-state index in [4.69, 9.17) is 5.26 Å². The third kappa shape index (κ3) is 2.79. The van der Waals surface area contributed by atoms with Gasteiger partial charge >= 0.3 is 5.97 Å². The molecule has 7 heteroatoms. The van der Waals surface area contributed by atoms with Crippen LogP contribution < -0.4 is 4.90 Å². The second-order valence-electron chi connectivity index (χ2n) is 5.46. The Labute approximate surface area is 121 Å². The molecule has 1 aliphatic rings. The van der Waals surface area contributed by atoms with E-state index < -0.39 is 16.3 Å². The molecular weight excluding hydrogens is 274 g/mol. The van der Waals surface area contributed by atoms with E-state index in [1.807, 2.05) is 6.07 Å². The summed E-state index contributed by atoms with van der Waals surface area (Å²) in [5, 5.41) is 29.4. The molecule has 110 valence electrons. The van der Waals surface area contributed by atoms with Crippen LogP contribution in [0.5, 0.6) is 0 Å². The molecule has 0 saturated carbocycles. The number of nitro benzene ring substituents is 1. The van der Waals surface area contributed by atoms with Gasteiger partial charge in [0.25, 0.3) is 5.69 Å². The number of aliphatic carboxylic acids is 1. The van der Waals surface area contributed by atoms with Crippen LogP contribution in [-0.2, 0) is 4.79 Å². The quantitative estimate of drug-likeness (QED) is 0.674. The molecule has 0 aromatic heterocycles. The molecule has 0 spiro atoms. The van der Waals surface area contributed by atoms with Crippen LogP contribution in [0.3, 0.4) is 0 Å². The standard InChI is InChI=1S/C14H15N3O4/c1-14(13(18)19)5-2-6-16(9-14)12-7-10(8-15)3-4-11(12)17(20)21/h3-4,7H,2,5-6,9H2,1H3,(H,18,19). The third-order valence-electron chi connectivity index (χ3n) is 3.85. The first kappa shape index (κ1) is 14.8. The van der Waals surface area contributed by atoms with Crippen LogP contribution in [0, 0.1) is 26.9 Å². The number of rotatable bonds is 3. The molecule has 1 aromatic carbocycles. The molecule has 1 aliphatic heterocycles. The van der Waals surface area contributed by atoms with Crippen molar-refractivity contribution in [2.75, 3.05) is 18.0 Å². The molecule has 1 unspecified atom stereocenters. The van der Waals surface area contributed by atoms with Gasteiger partial charge in [-0.2, -0.15) is 5.26 Å². The SMILES string of the molecule is CC1(C(=O)O)CCCN(c2cc(C#N)ccc2[N+](=O)[O-])C1. The summed E-state index contributed by atoms with van der Waals surface area (Å²) < 4.78 is 0. The van der Waals surface area contributed by atoms with E-state index in [-0.39, 0.29) is 12.2 Å². The zero-order chi connectivity index (χ0) is 15.6. The molecule has 2 rings (SSSR count). The van der Waals surface area contributed by atoms with Gasteiger partial charge in [0.15, 0.2) is 0 Å². The van der Waals surface area contributed by atoms with Crippen LogP contribution in [0.1, 0.15) is 25.3 Å². The van der Waals surface area contributed by atoms with Crippen LogP contribution >= 0.6 is 0 Å². The van der Waals surface area contributed by atoms with Crippen molar-refractivity contribution >= 4 is 17.3 Å². The van der Waals surface area contributed by atoms with Crippen molar-refractivity contribution in [1.29, 1.82) is 5.26 Å². The van der Waals surface area contributed by atoms with Crippen molar-refractivity contribution in [2.24, 2.45) is 5.41 Å². The van der Waals surface area contributed by atoms with E-state index >= 15 is 0 Å². The van der Waals surface area contributed by atoms with Crippen LogP contribution in [0.2, 0.25) is 0 Å². The summed E-state index contributed by atoms with van der Waals surface area (Å²) in [6.07, 6.45) is 1.17. The number of benzene rings is 1. The van der Waals surface area contributed by atoms with Crippen LogP contribution in [-0.4, -0.2) is 29.1 Å². The van der Waals surface area contributed by atoms with E-state index in [1.165, 1.54) is 18.2 Å². The van der Waals surface area contributed by atoms with E-state index in [2.05, 4.69) is 0 Å². The molecule has 7 nitrogen and oxygen atoms in total. The molecule has 21 heavy (non-hydrogen) atoms. The predicted molar refractivity (Wildman–Crippen MR) is 75.0 cm³/mol. The van der Waals surface area contributed by atoms with Gasteiger partial charge in [0.05, 0.1) is 22.0 Å². The van der Waals surface area contributed by atoms with Crippen LogP contribution in [0.15, 0.2) is 18.2 Å². The monoisotopic (exact) mass is 289 g/mol. The van der Waals surface area contributed by atoms with Gasteiger partial charge in [-0.3, -0.25) is 14.9 Å². The van der Waals surface area contributed by atoms with Crippen molar-refractivity contribution in [3.8, 4) is 6.07 Å². The van der Waals surface area contributed by atoms with Gasteiger partial charge in [-0.05, 0) is 31.9 Å². The lowest BCUT2D eigenvalue weighted by atomic mass is 9.82. The Bertz CT molecular complexity index is 638. The topological polar surface area (TPSA) is 107 Å². The first-order chi connectivity index (χ1) is 9.87. The summed E-state index contributed by atoms with van der Waals surface area (Å²) in [5.74, 6) is -0.911. The molecule has 1 saturated heterocycles. The Balaban J connectivity index is 2.43. The zero-order valence-electron chi connectivity index (χ0n) is 11.6. The number of carboxylic acids is 1. The second kappa shape index (κ2) is 5.40. The van der Waals surface area contributed by atoms with E-state index in [0.717, 1.165) is 0 Å². The van der Waals surface area contributed by atoms with Gasteiger partial charge in [-0.1, -0.05) is 0 Å². The summed E-state index contributed by atoms with van der Waals surface area (Å²) in [4.78, 5) is 23.7. The second-order valence-corrected chi connectivity index (χ2v) is 5.46. The first-order valence-electron chi connectivity index (χ1n) is 6.54. The Morgan fingerprint density at radius 2 is 2.29 bits per heavy atom. The molecule has 1 aromatic rings. The molecule has 0 amide bonds. The number of nitrogens with zero attached hydrogens (tertiary/aromatic N) is 3. The molecule has 1 heterocycles. The minimum atomic E-state index is -0.936. The van der Waals surface area contributed by atoms with Crippen molar-refractivity contribution in [1.82, 2.24) is 0 Å². The fraction of sp³-hybridized carbons (Fsp3) is 0.429. The smallest absolute Gasteiger partial charge is 0.311 e. The maximum atomic E-state index is 11.4. The largest absolute Gasteiger partial charge is 0.481 e. The predicted octanol–water partition coefficient (Wildman–Crippen LogP) is 2.16. The third-order valence-corrected chi connectivity index (χ3v) is 3.85. The van der Waals surface area contributed by atoms with Gasteiger partial charge in [-0.25, -0.2) is 0 Å². The fourth-order valence-corrected chi connectivity index (χ4v) is 2.62. The van der Waals surface area contributed by atoms with Crippen molar-refractivity contribution in [2.45, 2.75) is 19.8 Å².